The fraction of sp³-hybridized carbons (Fsp3) is 0.579. The van der Waals surface area contributed by atoms with Crippen LogP contribution in [0, 0.1) is 11.3 Å². The van der Waals surface area contributed by atoms with Gasteiger partial charge in [-0.05, 0) is 43.9 Å². The molecule has 0 spiro atoms. The van der Waals surface area contributed by atoms with Gasteiger partial charge in [0.05, 0.1) is 30.9 Å². The highest BCUT2D eigenvalue weighted by molar-refractivity contribution is 5.79. The van der Waals surface area contributed by atoms with E-state index in [4.69, 9.17) is 14.7 Å². The Kier molecular flexibility index (Phi) is 8.81. The van der Waals surface area contributed by atoms with Crippen LogP contribution in [0.5, 0.6) is 0 Å². The van der Waals surface area contributed by atoms with Gasteiger partial charge in [-0.25, -0.2) is 4.99 Å². The fourth-order valence-electron chi connectivity index (χ4n) is 2.57. The molecule has 1 atom stereocenters. The molecule has 0 bridgehead atoms. The van der Waals surface area contributed by atoms with Crippen molar-refractivity contribution in [2.75, 3.05) is 32.9 Å². The zero-order valence-corrected chi connectivity index (χ0v) is 15.0. The van der Waals surface area contributed by atoms with E-state index >= 15 is 0 Å². The summed E-state index contributed by atoms with van der Waals surface area (Å²) in [4.78, 5) is 4.57. The van der Waals surface area contributed by atoms with E-state index in [9.17, 15) is 0 Å². The molecule has 1 aromatic rings. The van der Waals surface area contributed by atoms with Crippen molar-refractivity contribution in [1.82, 2.24) is 10.6 Å². The zero-order valence-electron chi connectivity index (χ0n) is 15.0. The minimum atomic E-state index is 0.291. The van der Waals surface area contributed by atoms with Crippen LogP contribution >= 0.6 is 0 Å². The molecule has 1 fully saturated rings. The van der Waals surface area contributed by atoms with Gasteiger partial charge in [-0.2, -0.15) is 5.26 Å². The van der Waals surface area contributed by atoms with Crippen LogP contribution in [0.4, 0.5) is 0 Å². The normalized spacial score (nSPS) is 17.3. The first-order chi connectivity index (χ1) is 12.3. The molecule has 136 valence electrons. The quantitative estimate of drug-likeness (QED) is 0.408. The molecule has 2 N–H and O–H groups in total. The summed E-state index contributed by atoms with van der Waals surface area (Å²) >= 11 is 0. The Morgan fingerprint density at radius 3 is 2.88 bits per heavy atom. The van der Waals surface area contributed by atoms with Crippen LogP contribution in [0.25, 0.3) is 0 Å². The molecular formula is C19H28N4O2. The largest absolute Gasteiger partial charge is 0.379 e. The molecule has 6 heteroatoms. The maximum absolute atomic E-state index is 8.82. The Morgan fingerprint density at radius 1 is 1.36 bits per heavy atom. The summed E-state index contributed by atoms with van der Waals surface area (Å²) < 4.78 is 11.2. The number of ether oxygens (including phenoxy) is 2. The van der Waals surface area contributed by atoms with Gasteiger partial charge in [-0.1, -0.05) is 12.1 Å². The standard InChI is InChI=1S/C19H28N4O2/c1-2-21-19(23-14-17-8-6-16(13-20)7-9-17)22-10-4-11-24-15-18-5-3-12-25-18/h6-9,18H,2-5,10-12,14-15H2,1H3,(H2,21,22,23). The van der Waals surface area contributed by atoms with Crippen LogP contribution in [-0.4, -0.2) is 45.0 Å². The van der Waals surface area contributed by atoms with E-state index in [1.165, 1.54) is 0 Å². The van der Waals surface area contributed by atoms with Crippen LogP contribution in [0.1, 0.15) is 37.3 Å². The number of nitrogens with zero attached hydrogens (tertiary/aromatic N) is 2. The second-order valence-corrected chi connectivity index (χ2v) is 5.99. The predicted molar refractivity (Wildman–Crippen MR) is 98.4 cm³/mol. The second-order valence-electron chi connectivity index (χ2n) is 5.99. The molecule has 6 nitrogen and oxygen atoms in total. The van der Waals surface area contributed by atoms with Crippen molar-refractivity contribution in [3.8, 4) is 6.07 Å². The lowest BCUT2D eigenvalue weighted by molar-refractivity contribution is 0.0168. The van der Waals surface area contributed by atoms with E-state index in [0.29, 0.717) is 24.8 Å². The number of aliphatic imine (C=N–C) groups is 1. The predicted octanol–water partition coefficient (Wildman–Crippen LogP) is 2.20. The number of rotatable bonds is 9. The molecule has 1 heterocycles. The molecule has 1 aliphatic rings. The summed E-state index contributed by atoms with van der Waals surface area (Å²) in [5, 5.41) is 15.4. The summed E-state index contributed by atoms with van der Waals surface area (Å²) in [6.45, 7) is 6.55. The number of hydrogen-bond donors (Lipinski definition) is 2. The van der Waals surface area contributed by atoms with Gasteiger partial charge in [-0.3, -0.25) is 0 Å². The third kappa shape index (κ3) is 7.55. The summed E-state index contributed by atoms with van der Waals surface area (Å²) in [5.74, 6) is 0.797. The number of nitriles is 1. The monoisotopic (exact) mass is 344 g/mol. The van der Waals surface area contributed by atoms with Crippen LogP contribution < -0.4 is 10.6 Å². The molecule has 0 amide bonds. The highest BCUT2D eigenvalue weighted by Crippen LogP contribution is 2.11. The highest BCUT2D eigenvalue weighted by atomic mass is 16.5. The summed E-state index contributed by atoms with van der Waals surface area (Å²) in [6.07, 6.45) is 3.48. The summed E-state index contributed by atoms with van der Waals surface area (Å²) in [7, 11) is 0. The van der Waals surface area contributed by atoms with Crippen molar-refractivity contribution in [2.45, 2.75) is 38.8 Å². The topological polar surface area (TPSA) is 78.7 Å². The van der Waals surface area contributed by atoms with E-state index in [0.717, 1.165) is 57.1 Å². The van der Waals surface area contributed by atoms with E-state index in [-0.39, 0.29) is 0 Å². The lowest BCUT2D eigenvalue weighted by atomic mass is 10.1. The lowest BCUT2D eigenvalue weighted by Gasteiger charge is -2.12. The average Bonchev–Trinajstić information content (AvgIpc) is 3.16. The smallest absolute Gasteiger partial charge is 0.191 e. The van der Waals surface area contributed by atoms with Crippen molar-refractivity contribution in [1.29, 1.82) is 5.26 Å². The molecule has 1 aliphatic heterocycles. The van der Waals surface area contributed by atoms with E-state index in [1.807, 2.05) is 31.2 Å². The van der Waals surface area contributed by atoms with Crippen molar-refractivity contribution in [3.05, 3.63) is 35.4 Å². The lowest BCUT2D eigenvalue weighted by Crippen LogP contribution is -2.38. The maximum atomic E-state index is 8.82. The SMILES string of the molecule is CCNC(=NCc1ccc(C#N)cc1)NCCCOCC1CCCO1. The van der Waals surface area contributed by atoms with Crippen molar-refractivity contribution in [3.63, 3.8) is 0 Å². The first-order valence-electron chi connectivity index (χ1n) is 9.02. The van der Waals surface area contributed by atoms with Crippen LogP contribution in [0.15, 0.2) is 29.3 Å². The molecule has 0 saturated carbocycles. The van der Waals surface area contributed by atoms with E-state index in [2.05, 4.69) is 21.7 Å². The minimum Gasteiger partial charge on any atom is -0.379 e. The molecule has 1 unspecified atom stereocenters. The van der Waals surface area contributed by atoms with Crippen molar-refractivity contribution in [2.24, 2.45) is 4.99 Å². The minimum absolute atomic E-state index is 0.291. The zero-order chi connectivity index (χ0) is 17.7. The van der Waals surface area contributed by atoms with E-state index in [1.54, 1.807) is 0 Å². The van der Waals surface area contributed by atoms with Crippen LogP contribution in [0.2, 0.25) is 0 Å². The van der Waals surface area contributed by atoms with Gasteiger partial charge in [0.25, 0.3) is 0 Å². The molecule has 2 rings (SSSR count). The molecule has 25 heavy (non-hydrogen) atoms. The Balaban J connectivity index is 1.65. The third-order valence-corrected chi connectivity index (χ3v) is 3.93. The van der Waals surface area contributed by atoms with Crippen LogP contribution in [0.3, 0.4) is 0 Å². The Bertz CT molecular complexity index is 560. The number of benzene rings is 1. The molecule has 1 aromatic carbocycles. The van der Waals surface area contributed by atoms with Gasteiger partial charge < -0.3 is 20.1 Å². The Morgan fingerprint density at radius 2 is 2.20 bits per heavy atom. The highest BCUT2D eigenvalue weighted by Gasteiger charge is 2.14. The fourth-order valence-corrected chi connectivity index (χ4v) is 2.57. The van der Waals surface area contributed by atoms with Gasteiger partial charge in [0.2, 0.25) is 0 Å². The molecule has 1 saturated heterocycles. The Labute approximate surface area is 150 Å². The van der Waals surface area contributed by atoms with Crippen LogP contribution in [-0.2, 0) is 16.0 Å². The van der Waals surface area contributed by atoms with Gasteiger partial charge in [0.15, 0.2) is 5.96 Å². The number of nitrogens with one attached hydrogen (secondary N) is 2. The van der Waals surface area contributed by atoms with Gasteiger partial charge in [0, 0.05) is 26.3 Å². The molecular weight excluding hydrogens is 316 g/mol. The van der Waals surface area contributed by atoms with Gasteiger partial charge in [0.1, 0.15) is 0 Å². The summed E-state index contributed by atoms with van der Waals surface area (Å²) in [6, 6.07) is 9.62. The third-order valence-electron chi connectivity index (χ3n) is 3.93. The maximum Gasteiger partial charge on any atom is 0.191 e. The number of hydrogen-bond acceptors (Lipinski definition) is 4. The second kappa shape index (κ2) is 11.5. The van der Waals surface area contributed by atoms with Crippen molar-refractivity contribution < 1.29 is 9.47 Å². The number of guanidine groups is 1. The van der Waals surface area contributed by atoms with Gasteiger partial charge in [-0.15, -0.1) is 0 Å². The van der Waals surface area contributed by atoms with E-state index < -0.39 is 0 Å². The first kappa shape index (κ1) is 19.2. The van der Waals surface area contributed by atoms with Crippen molar-refractivity contribution >= 4 is 5.96 Å². The molecule has 0 aliphatic carbocycles. The van der Waals surface area contributed by atoms with Gasteiger partial charge >= 0.3 is 0 Å². The average molecular weight is 344 g/mol. The summed E-state index contributed by atoms with van der Waals surface area (Å²) in [5.41, 5.74) is 1.75. The first-order valence-corrected chi connectivity index (χ1v) is 9.02. The molecule has 0 aromatic heterocycles. The molecule has 0 radical (unpaired) electrons. The Hall–Kier alpha value is -2.10.